The predicted molar refractivity (Wildman–Crippen MR) is 292 cm³/mol. The van der Waals surface area contributed by atoms with Gasteiger partial charge in [0.25, 0.3) is 11.1 Å². The number of carbonyl (C=O) groups excluding carboxylic acids is 2. The lowest BCUT2D eigenvalue weighted by molar-refractivity contribution is -0.462. The summed E-state index contributed by atoms with van der Waals surface area (Å²) < 4.78 is 10.6. The van der Waals surface area contributed by atoms with Gasteiger partial charge in [-0.25, -0.2) is 24.4 Å². The Morgan fingerprint density at radius 3 is 2.52 bits per heavy atom. The number of aromatic nitrogens is 7. The van der Waals surface area contributed by atoms with Crippen molar-refractivity contribution in [2.45, 2.75) is 97.6 Å². The zero-order valence-electron chi connectivity index (χ0n) is 44.3. The maximum atomic E-state index is 14.1. The molecular formula is C55H68N15O7+. The minimum atomic E-state index is -1.18. The van der Waals surface area contributed by atoms with Gasteiger partial charge in [-0.1, -0.05) is 51.0 Å². The van der Waals surface area contributed by atoms with Crippen LogP contribution in [0.3, 0.4) is 0 Å². The first-order chi connectivity index (χ1) is 37.1. The van der Waals surface area contributed by atoms with Gasteiger partial charge in [-0.3, -0.25) is 24.1 Å². The van der Waals surface area contributed by atoms with Crippen LogP contribution < -0.4 is 26.7 Å². The van der Waals surface area contributed by atoms with Crippen LogP contribution in [0.1, 0.15) is 76.6 Å². The number of nitrogens with one attached hydrogen (secondary N) is 3. The van der Waals surface area contributed by atoms with Crippen LogP contribution in [0.25, 0.3) is 27.6 Å². The molecule has 77 heavy (non-hydrogen) atoms. The Kier molecular flexibility index (Phi) is 16.5. The summed E-state index contributed by atoms with van der Waals surface area (Å²) in [6.07, 6.45) is 11.3. The number of likely N-dealkylation sites (tertiary alicyclic amines) is 1. The number of benzene rings is 2. The summed E-state index contributed by atoms with van der Waals surface area (Å²) in [6, 6.07) is 16.3. The second kappa shape index (κ2) is 23.5. The van der Waals surface area contributed by atoms with E-state index in [1.54, 1.807) is 61.4 Å². The SMILES string of the molecule is C=CCn1c(=O)c2cnc(Nc3ccc(N4CCN(CCCCCCOC5=C/[N+](=C/C(C(=O)N6C[C@H](O)C[C@H]6C(=O)NCc6ccc(C)c7c(=O)[nH]ncc67)C(C)C)N=N5)CC4)cc3)nc2n1-c1cccc(C(C)(C)O)n1. The van der Waals surface area contributed by atoms with Crippen LogP contribution in [0.4, 0.5) is 17.3 Å². The van der Waals surface area contributed by atoms with Gasteiger partial charge in [0.2, 0.25) is 24.0 Å². The third kappa shape index (κ3) is 12.3. The third-order valence-electron chi connectivity index (χ3n) is 14.3. The number of pyridine rings is 1. The van der Waals surface area contributed by atoms with E-state index in [2.05, 4.69) is 69.6 Å². The number of aliphatic hydroxyl groups excluding tert-OH is 1. The quantitative estimate of drug-likeness (QED) is 0.0353. The van der Waals surface area contributed by atoms with Crippen LogP contribution in [0, 0.1) is 18.8 Å². The number of anilines is 3. The number of aryl methyl sites for hydroxylation is 1. The minimum absolute atomic E-state index is 0.0281. The zero-order valence-corrected chi connectivity index (χ0v) is 44.3. The van der Waals surface area contributed by atoms with E-state index < -0.39 is 29.6 Å². The van der Waals surface area contributed by atoms with Gasteiger partial charge in [-0.15, -0.1) is 11.3 Å². The fraction of sp³-hybridized carbons (Fsp3) is 0.436. The largest absolute Gasteiger partial charge is 0.455 e. The Hall–Kier alpha value is -7.95. The van der Waals surface area contributed by atoms with Gasteiger partial charge in [-0.05, 0) is 93.6 Å². The summed E-state index contributed by atoms with van der Waals surface area (Å²) in [5.41, 5.74) is 2.53. The van der Waals surface area contributed by atoms with Crippen molar-refractivity contribution < 1.29 is 29.2 Å². The van der Waals surface area contributed by atoms with Gasteiger partial charge >= 0.3 is 5.88 Å². The number of rotatable bonds is 21. The second-order valence-electron chi connectivity index (χ2n) is 20.7. The normalized spacial score (nSPS) is 17.9. The van der Waals surface area contributed by atoms with Gasteiger partial charge < -0.3 is 35.4 Å². The van der Waals surface area contributed by atoms with E-state index >= 15 is 0 Å². The number of carbonyl (C=O) groups is 2. The number of piperazine rings is 1. The van der Waals surface area contributed by atoms with Crippen LogP contribution in [-0.4, -0.2) is 135 Å². The summed E-state index contributed by atoms with van der Waals surface area (Å²) in [6.45, 7) is 18.5. The van der Waals surface area contributed by atoms with Crippen LogP contribution in [0.2, 0.25) is 0 Å². The molecule has 9 rings (SSSR count). The van der Waals surface area contributed by atoms with Crippen molar-refractivity contribution in [3.63, 3.8) is 0 Å². The highest BCUT2D eigenvalue weighted by molar-refractivity contribution is 5.96. The first-order valence-electron chi connectivity index (χ1n) is 26.3. The predicted octanol–water partition coefficient (Wildman–Crippen LogP) is 5.19. The molecule has 22 heteroatoms. The number of β-amino-alcohol motifs (C(OH)–C–C–N with tert-alkyl or cyclic N) is 1. The van der Waals surface area contributed by atoms with E-state index in [9.17, 15) is 29.4 Å². The zero-order chi connectivity index (χ0) is 54.4. The molecule has 0 saturated carbocycles. The number of fused-ring (bicyclic) bond motifs is 2. The van der Waals surface area contributed by atoms with Crippen LogP contribution in [-0.2, 0) is 33.0 Å². The average Bonchev–Trinajstić information content (AvgIpc) is 4.20. The first kappa shape index (κ1) is 53.9. The molecule has 0 bridgehead atoms. The Bertz CT molecular complexity index is 3350. The molecule has 2 aromatic carbocycles. The average molecular weight is 1050 g/mol. The monoisotopic (exact) mass is 1050 g/mol. The first-order valence-corrected chi connectivity index (χ1v) is 26.3. The molecule has 0 aliphatic carbocycles. The third-order valence-corrected chi connectivity index (χ3v) is 14.3. The standard InChI is InChI=1S/C55H67N15O7/c1-7-21-69-53(75)42-30-57-54(61-49(42)70(69)46-14-12-13-45(60-46)55(5,6)76)59-38-17-19-39(20-18-38)66-25-23-65(24-26-66)22-10-8-9-11-27-77-47-34-67(64-62-47)33-43(35(2)3)52(74)68-32-40(71)28-44(68)50(72)56-29-37-16-15-36(4)48-41(37)31-58-63-51(48)73/h7,12-20,30-31,33-35,40,43-44,71,76H,1,8-11,21-29,32H2,2-6H3,(H2-,56,57,59,61,63,72,73,75)/p+1/b67-33-/t40-,43?,44+/m1/s1. The lowest BCUT2D eigenvalue weighted by atomic mass is 9.95. The Morgan fingerprint density at radius 1 is 0.987 bits per heavy atom. The summed E-state index contributed by atoms with van der Waals surface area (Å²) in [7, 11) is 0. The molecule has 5 N–H and O–H groups in total. The van der Waals surface area contributed by atoms with Crippen molar-refractivity contribution in [3.8, 4) is 5.82 Å². The summed E-state index contributed by atoms with van der Waals surface area (Å²) in [5, 5.41) is 43.7. The molecule has 2 fully saturated rings. The Labute approximate surface area is 445 Å². The molecular weight excluding hydrogens is 983 g/mol. The van der Waals surface area contributed by atoms with E-state index in [0.717, 1.165) is 75.3 Å². The lowest BCUT2D eigenvalue weighted by Gasteiger charge is -2.36. The number of ether oxygens (including phenoxy) is 1. The topological polar surface area (TPSA) is 257 Å². The van der Waals surface area contributed by atoms with Crippen molar-refractivity contribution >= 4 is 57.2 Å². The number of nitrogens with zero attached hydrogens (tertiary/aromatic N) is 12. The summed E-state index contributed by atoms with van der Waals surface area (Å²) >= 11 is 0. The van der Waals surface area contributed by atoms with Crippen molar-refractivity contribution in [3.05, 3.63) is 129 Å². The summed E-state index contributed by atoms with van der Waals surface area (Å²) in [4.78, 5) is 73.7. The molecule has 4 aromatic heterocycles. The van der Waals surface area contributed by atoms with Crippen LogP contribution in [0.15, 0.2) is 112 Å². The van der Waals surface area contributed by atoms with Gasteiger partial charge in [0, 0.05) is 68.6 Å². The second-order valence-corrected chi connectivity index (χ2v) is 20.7. The molecule has 1 unspecified atom stereocenters. The van der Waals surface area contributed by atoms with Gasteiger partial charge in [0.05, 0.1) is 42.5 Å². The number of hydrogen-bond acceptors (Lipinski definition) is 16. The van der Waals surface area contributed by atoms with Crippen molar-refractivity contribution in [1.29, 1.82) is 0 Å². The highest BCUT2D eigenvalue weighted by Crippen LogP contribution is 2.27. The van der Waals surface area contributed by atoms with E-state index in [0.29, 0.717) is 57.3 Å². The van der Waals surface area contributed by atoms with Crippen molar-refractivity contribution in [2.75, 3.05) is 56.1 Å². The van der Waals surface area contributed by atoms with E-state index in [1.807, 2.05) is 45.0 Å². The number of H-pyrrole nitrogens is 1. The van der Waals surface area contributed by atoms with E-state index in [4.69, 9.17) is 9.72 Å². The molecule has 2 saturated heterocycles. The fourth-order valence-electron chi connectivity index (χ4n) is 10.0. The smallest absolute Gasteiger partial charge is 0.398 e. The number of unbranched alkanes of at least 4 members (excludes halogenated alkanes) is 3. The van der Waals surface area contributed by atoms with Crippen LogP contribution >= 0.6 is 0 Å². The molecule has 6 aromatic rings. The fourth-order valence-corrected chi connectivity index (χ4v) is 10.0. The van der Waals surface area contributed by atoms with Gasteiger partial charge in [0.1, 0.15) is 33.6 Å². The Morgan fingerprint density at radius 2 is 1.77 bits per heavy atom. The molecule has 7 heterocycles. The molecule has 3 atom stereocenters. The highest BCUT2D eigenvalue weighted by Gasteiger charge is 2.42. The minimum Gasteiger partial charge on any atom is -0.455 e. The highest BCUT2D eigenvalue weighted by atomic mass is 16.5. The molecule has 3 aliphatic rings. The van der Waals surface area contributed by atoms with E-state index in [-0.39, 0.29) is 49.0 Å². The molecule has 22 nitrogen and oxygen atoms in total. The molecule has 0 radical (unpaired) electrons. The lowest BCUT2D eigenvalue weighted by Crippen LogP contribution is -2.49. The number of hydrogen-bond donors (Lipinski definition) is 5. The number of allylic oxidation sites excluding steroid dienone is 1. The molecule has 3 aliphatic heterocycles. The molecule has 2 amide bonds. The maximum Gasteiger partial charge on any atom is 0.398 e. The maximum absolute atomic E-state index is 14.1. The van der Waals surface area contributed by atoms with Gasteiger partial charge in [-0.2, -0.15) is 10.1 Å². The van der Waals surface area contributed by atoms with E-state index in [1.165, 1.54) is 20.5 Å². The molecule has 0 spiro atoms. The Balaban J connectivity index is 0.694. The molecule has 404 valence electrons. The summed E-state index contributed by atoms with van der Waals surface area (Å²) in [5.74, 6) is -0.376. The van der Waals surface area contributed by atoms with Gasteiger partial charge in [0.15, 0.2) is 11.5 Å². The number of aliphatic hydroxyl groups is 2. The number of amides is 2. The van der Waals surface area contributed by atoms with Crippen molar-refractivity contribution in [1.82, 2.24) is 49.6 Å². The number of aromatic amines is 1. The van der Waals surface area contributed by atoms with Crippen LogP contribution in [0.5, 0.6) is 0 Å². The van der Waals surface area contributed by atoms with Crippen molar-refractivity contribution in [2.24, 2.45) is 22.2 Å².